The van der Waals surface area contributed by atoms with E-state index in [0.29, 0.717) is 0 Å². The molecule has 0 aliphatic carbocycles. The van der Waals surface area contributed by atoms with Gasteiger partial charge in [-0.1, -0.05) is 106 Å². The third kappa shape index (κ3) is 2.25. The minimum Gasteiger partial charge on any atom is -0.311 e. The van der Waals surface area contributed by atoms with Crippen LogP contribution in [-0.4, -0.2) is 6.71 Å². The molecule has 3 heterocycles. The Morgan fingerprint density at radius 1 is 0.556 bits per heavy atom. The van der Waals surface area contributed by atoms with Crippen molar-refractivity contribution in [3.63, 3.8) is 0 Å². The number of benzene rings is 5. The SMILES string of the molecule is CC1(C)c2cccc3c2B2c4c1cccc4C(C)(C)c1c2c(cc2ccccc12)N3c1ccccc1. The minimum atomic E-state index is -0.102. The van der Waals surface area contributed by atoms with Gasteiger partial charge in [-0.15, -0.1) is 0 Å². The van der Waals surface area contributed by atoms with Crippen LogP contribution < -0.4 is 21.3 Å². The van der Waals surface area contributed by atoms with Crippen molar-refractivity contribution in [2.45, 2.75) is 38.5 Å². The van der Waals surface area contributed by atoms with Gasteiger partial charge >= 0.3 is 0 Å². The average molecular weight is 461 g/mol. The van der Waals surface area contributed by atoms with Crippen LogP contribution in [0.3, 0.4) is 0 Å². The van der Waals surface area contributed by atoms with Crippen LogP contribution in [-0.2, 0) is 10.8 Å². The van der Waals surface area contributed by atoms with Crippen molar-refractivity contribution in [3.8, 4) is 0 Å². The lowest BCUT2D eigenvalue weighted by atomic mass is 9.26. The van der Waals surface area contributed by atoms with Crippen LogP contribution in [0.15, 0.2) is 97.1 Å². The highest BCUT2D eigenvalue weighted by Gasteiger charge is 2.52. The van der Waals surface area contributed by atoms with E-state index < -0.39 is 0 Å². The van der Waals surface area contributed by atoms with Gasteiger partial charge in [-0.25, -0.2) is 0 Å². The van der Waals surface area contributed by atoms with E-state index in [1.165, 1.54) is 61.0 Å². The number of rotatable bonds is 1. The molecule has 0 N–H and O–H groups in total. The van der Waals surface area contributed by atoms with E-state index in [2.05, 4.69) is 130 Å². The Labute approximate surface area is 213 Å². The molecule has 1 nitrogen and oxygen atoms in total. The van der Waals surface area contributed by atoms with Crippen molar-refractivity contribution in [3.05, 3.63) is 119 Å². The van der Waals surface area contributed by atoms with Gasteiger partial charge in [0.25, 0.3) is 0 Å². The Hall–Kier alpha value is -3.78. The van der Waals surface area contributed by atoms with E-state index in [1.807, 2.05) is 0 Å². The molecule has 0 amide bonds. The van der Waals surface area contributed by atoms with Crippen molar-refractivity contribution in [2.75, 3.05) is 4.90 Å². The zero-order chi connectivity index (χ0) is 24.4. The number of hydrogen-bond donors (Lipinski definition) is 0. The molecule has 0 aromatic heterocycles. The number of anilines is 3. The molecule has 5 aromatic carbocycles. The van der Waals surface area contributed by atoms with Gasteiger partial charge in [-0.05, 0) is 68.2 Å². The maximum Gasteiger partial charge on any atom is 0.248 e. The third-order valence-corrected chi connectivity index (χ3v) is 9.26. The molecule has 3 aliphatic heterocycles. The van der Waals surface area contributed by atoms with E-state index in [1.54, 1.807) is 5.46 Å². The van der Waals surface area contributed by atoms with E-state index in [9.17, 15) is 0 Å². The molecular formula is C34H28BN. The number of hydrogen-bond acceptors (Lipinski definition) is 1. The fraction of sp³-hybridized carbons (Fsp3) is 0.176. The van der Waals surface area contributed by atoms with Gasteiger partial charge < -0.3 is 4.90 Å². The van der Waals surface area contributed by atoms with Crippen molar-refractivity contribution >= 4 is 50.9 Å². The second-order valence-corrected chi connectivity index (χ2v) is 11.8. The van der Waals surface area contributed by atoms with Gasteiger partial charge in [0.2, 0.25) is 6.71 Å². The Morgan fingerprint density at radius 2 is 1.19 bits per heavy atom. The Balaban J connectivity index is 1.63. The van der Waals surface area contributed by atoms with Crippen LogP contribution in [0.1, 0.15) is 49.9 Å². The third-order valence-electron chi connectivity index (χ3n) is 9.26. The summed E-state index contributed by atoms with van der Waals surface area (Å²) in [6.45, 7) is 9.98. The highest BCUT2D eigenvalue weighted by Crippen LogP contribution is 2.49. The number of para-hydroxylation sites is 1. The van der Waals surface area contributed by atoms with E-state index in [0.717, 1.165) is 0 Å². The molecular weight excluding hydrogens is 433 g/mol. The highest BCUT2D eigenvalue weighted by molar-refractivity contribution is 7.00. The lowest BCUT2D eigenvalue weighted by molar-refractivity contribution is 0.624. The number of nitrogens with zero attached hydrogens (tertiary/aromatic N) is 1. The van der Waals surface area contributed by atoms with Crippen LogP contribution in [0.2, 0.25) is 0 Å². The molecule has 0 bridgehead atoms. The Morgan fingerprint density at radius 3 is 1.97 bits per heavy atom. The van der Waals surface area contributed by atoms with Gasteiger partial charge in [0.15, 0.2) is 0 Å². The van der Waals surface area contributed by atoms with Crippen LogP contribution in [0.25, 0.3) is 10.8 Å². The summed E-state index contributed by atoms with van der Waals surface area (Å²) in [6, 6.07) is 36.4. The van der Waals surface area contributed by atoms with Crippen LogP contribution in [0.5, 0.6) is 0 Å². The van der Waals surface area contributed by atoms with Gasteiger partial charge in [0.1, 0.15) is 0 Å². The largest absolute Gasteiger partial charge is 0.311 e. The topological polar surface area (TPSA) is 3.24 Å². The highest BCUT2D eigenvalue weighted by atomic mass is 15.2. The second kappa shape index (κ2) is 6.50. The summed E-state index contributed by atoms with van der Waals surface area (Å²) in [5.74, 6) is 0. The summed E-state index contributed by atoms with van der Waals surface area (Å²) in [4.78, 5) is 2.53. The smallest absolute Gasteiger partial charge is 0.248 e. The quantitative estimate of drug-likeness (QED) is 0.256. The summed E-state index contributed by atoms with van der Waals surface area (Å²) < 4.78 is 0. The summed E-state index contributed by atoms with van der Waals surface area (Å²) >= 11 is 0. The molecule has 0 radical (unpaired) electrons. The maximum absolute atomic E-state index is 2.53. The van der Waals surface area contributed by atoms with Gasteiger partial charge in [0, 0.05) is 27.9 Å². The van der Waals surface area contributed by atoms with Crippen molar-refractivity contribution < 1.29 is 0 Å². The van der Waals surface area contributed by atoms with Crippen LogP contribution >= 0.6 is 0 Å². The molecule has 0 atom stereocenters. The van der Waals surface area contributed by atoms with E-state index in [-0.39, 0.29) is 17.5 Å². The first-order chi connectivity index (χ1) is 17.4. The molecule has 5 aromatic rings. The molecule has 2 heteroatoms. The Bertz CT molecular complexity index is 1750. The number of fused-ring (bicyclic) bond motifs is 2. The molecule has 8 rings (SSSR count). The van der Waals surface area contributed by atoms with Crippen LogP contribution in [0.4, 0.5) is 17.1 Å². The molecule has 0 fully saturated rings. The lowest BCUT2D eigenvalue weighted by Crippen LogP contribution is -2.69. The van der Waals surface area contributed by atoms with E-state index in [4.69, 9.17) is 0 Å². The van der Waals surface area contributed by atoms with E-state index >= 15 is 0 Å². The molecule has 0 spiro atoms. The van der Waals surface area contributed by atoms with Gasteiger partial charge in [0.05, 0.1) is 0 Å². The molecule has 0 saturated heterocycles. The Kier molecular flexibility index (Phi) is 3.69. The summed E-state index contributed by atoms with van der Waals surface area (Å²) in [7, 11) is 0. The van der Waals surface area contributed by atoms with Gasteiger partial charge in [-0.2, -0.15) is 0 Å². The second-order valence-electron chi connectivity index (χ2n) is 11.8. The molecule has 0 saturated carbocycles. The zero-order valence-corrected chi connectivity index (χ0v) is 21.3. The summed E-state index contributed by atoms with van der Waals surface area (Å²) in [5, 5.41) is 2.70. The average Bonchev–Trinajstić information content (AvgIpc) is 2.89. The predicted octanol–water partition coefficient (Wildman–Crippen LogP) is 6.42. The molecule has 3 aliphatic rings. The normalized spacial score (nSPS) is 17.2. The first-order valence-electron chi connectivity index (χ1n) is 13.1. The molecule has 36 heavy (non-hydrogen) atoms. The van der Waals surface area contributed by atoms with Crippen molar-refractivity contribution in [1.29, 1.82) is 0 Å². The van der Waals surface area contributed by atoms with Crippen molar-refractivity contribution in [1.82, 2.24) is 0 Å². The molecule has 172 valence electrons. The summed E-state index contributed by atoms with van der Waals surface area (Å²) in [6.07, 6.45) is 0. The predicted molar refractivity (Wildman–Crippen MR) is 154 cm³/mol. The summed E-state index contributed by atoms with van der Waals surface area (Å²) in [5.41, 5.74) is 14.2. The standard InChI is InChI=1S/C34H28BN/c1-33(2)24-16-10-17-25-30(24)35-31-26(33)18-11-19-27(31)36(22-13-6-5-7-14-22)28-20-21-12-8-9-15-23(21)29(32(28)35)34(25,3)4/h5-20H,1-4H3. The fourth-order valence-electron chi connectivity index (χ4n) is 7.76. The van der Waals surface area contributed by atoms with Crippen molar-refractivity contribution in [2.24, 2.45) is 0 Å². The zero-order valence-electron chi connectivity index (χ0n) is 21.3. The first kappa shape index (κ1) is 20.4. The first-order valence-corrected chi connectivity index (χ1v) is 13.1. The monoisotopic (exact) mass is 461 g/mol. The maximum atomic E-state index is 2.53. The minimum absolute atomic E-state index is 0.0581. The van der Waals surface area contributed by atoms with Gasteiger partial charge in [-0.3, -0.25) is 0 Å². The van der Waals surface area contributed by atoms with Crippen LogP contribution in [0, 0.1) is 0 Å². The lowest BCUT2D eigenvalue weighted by Gasteiger charge is -2.51. The molecule has 0 unspecified atom stereocenters. The fourth-order valence-corrected chi connectivity index (χ4v) is 7.76.